The smallest absolute Gasteiger partial charge is 0.290 e. The van der Waals surface area contributed by atoms with Crippen molar-refractivity contribution in [3.05, 3.63) is 54.5 Å². The zero-order valence-electron chi connectivity index (χ0n) is 11.0. The molecule has 108 valence electrons. The van der Waals surface area contributed by atoms with Gasteiger partial charge in [0.2, 0.25) is 0 Å². The molecule has 0 amide bonds. The zero-order chi connectivity index (χ0) is 15.1. The Labute approximate surface area is 131 Å². The highest BCUT2D eigenvalue weighted by atomic mass is 32.1. The van der Waals surface area contributed by atoms with Crippen LogP contribution in [0.5, 0.6) is 0 Å². The molecule has 0 aliphatic carbocycles. The Morgan fingerprint density at radius 3 is 2.09 bits per heavy atom. The van der Waals surface area contributed by atoms with Gasteiger partial charge in [0.05, 0.1) is 11.4 Å². The van der Waals surface area contributed by atoms with Gasteiger partial charge in [0, 0.05) is 21.9 Å². The van der Waals surface area contributed by atoms with Crippen LogP contribution in [0, 0.1) is 0 Å². The number of hydrogen-bond acceptors (Lipinski definition) is 6. The Balaban J connectivity index is 2.13. The highest BCUT2D eigenvalue weighted by Crippen LogP contribution is 2.31. The van der Waals surface area contributed by atoms with Crippen LogP contribution in [-0.4, -0.2) is 19.9 Å². The Bertz CT molecular complexity index is 1060. The van der Waals surface area contributed by atoms with Crippen molar-refractivity contribution < 1.29 is 0 Å². The number of rotatable bonds is 2. The van der Waals surface area contributed by atoms with Crippen molar-refractivity contribution in [2.75, 3.05) is 0 Å². The van der Waals surface area contributed by atoms with Gasteiger partial charge in [-0.3, -0.25) is 14.8 Å². The lowest BCUT2D eigenvalue weighted by molar-refractivity contribution is 1.05. The third-order valence-corrected chi connectivity index (χ3v) is 4.53. The van der Waals surface area contributed by atoms with Crippen LogP contribution in [0.4, 0.5) is 0 Å². The molecule has 2 N–H and O–H groups in total. The van der Waals surface area contributed by atoms with Gasteiger partial charge in [0.15, 0.2) is 11.2 Å². The number of fused-ring (bicyclic) bond motifs is 1. The number of hydrogen-bond donors (Lipinski definition) is 2. The third kappa shape index (κ3) is 2.09. The van der Waals surface area contributed by atoms with Gasteiger partial charge >= 0.3 is 5.69 Å². The van der Waals surface area contributed by atoms with E-state index < -0.39 is 11.2 Å². The lowest BCUT2D eigenvalue weighted by Crippen LogP contribution is -2.23. The molecule has 4 aromatic heterocycles. The van der Waals surface area contributed by atoms with E-state index in [0.29, 0.717) is 11.4 Å². The van der Waals surface area contributed by atoms with Crippen LogP contribution in [0.3, 0.4) is 0 Å². The minimum absolute atomic E-state index is 0.125. The van der Waals surface area contributed by atoms with Crippen molar-refractivity contribution in [2.45, 2.75) is 0 Å². The summed E-state index contributed by atoms with van der Waals surface area (Å²) in [5.74, 6) is 0. The standard InChI is InChI=1S/C14H8N4O2S2/c19-13-11-12(17-14(20)18-13)16-10(8-2-4-22-6-8)9(15-11)7-1-3-21-5-7/h1-6H,(H2,16,17,18,19,20). The molecular weight excluding hydrogens is 320 g/mol. The highest BCUT2D eigenvalue weighted by molar-refractivity contribution is 7.08. The summed E-state index contributed by atoms with van der Waals surface area (Å²) in [6, 6.07) is 3.86. The second-order valence-corrected chi connectivity index (χ2v) is 6.11. The van der Waals surface area contributed by atoms with Crippen LogP contribution in [0.2, 0.25) is 0 Å². The van der Waals surface area contributed by atoms with E-state index in [9.17, 15) is 9.59 Å². The predicted octanol–water partition coefficient (Wildman–Crippen LogP) is 2.46. The number of aromatic amines is 2. The van der Waals surface area contributed by atoms with Crippen LogP contribution in [-0.2, 0) is 0 Å². The fourth-order valence-electron chi connectivity index (χ4n) is 2.18. The third-order valence-electron chi connectivity index (χ3n) is 3.16. The van der Waals surface area contributed by atoms with Crippen molar-refractivity contribution in [1.82, 2.24) is 19.9 Å². The molecular formula is C14H8N4O2S2. The molecule has 0 unspecified atom stereocenters. The molecule has 0 radical (unpaired) electrons. The van der Waals surface area contributed by atoms with E-state index in [0.717, 1.165) is 11.1 Å². The van der Waals surface area contributed by atoms with Crippen molar-refractivity contribution in [3.8, 4) is 22.5 Å². The molecule has 0 spiro atoms. The molecule has 4 heterocycles. The maximum Gasteiger partial charge on any atom is 0.327 e. The van der Waals surface area contributed by atoms with E-state index in [1.807, 2.05) is 33.7 Å². The van der Waals surface area contributed by atoms with Crippen LogP contribution in [0.1, 0.15) is 0 Å². The number of nitrogens with zero attached hydrogens (tertiary/aromatic N) is 2. The van der Waals surface area contributed by atoms with E-state index in [1.54, 1.807) is 22.7 Å². The summed E-state index contributed by atoms with van der Waals surface area (Å²) < 4.78 is 0. The highest BCUT2D eigenvalue weighted by Gasteiger charge is 2.16. The van der Waals surface area contributed by atoms with Gasteiger partial charge in [-0.25, -0.2) is 14.8 Å². The lowest BCUT2D eigenvalue weighted by atomic mass is 10.1. The van der Waals surface area contributed by atoms with Gasteiger partial charge < -0.3 is 0 Å². The molecule has 0 bridgehead atoms. The molecule has 8 heteroatoms. The van der Waals surface area contributed by atoms with Crippen LogP contribution >= 0.6 is 22.7 Å². The van der Waals surface area contributed by atoms with Crippen LogP contribution in [0.25, 0.3) is 33.7 Å². The van der Waals surface area contributed by atoms with Gasteiger partial charge in [-0.15, -0.1) is 0 Å². The molecule has 0 atom stereocenters. The second kappa shape index (κ2) is 5.00. The minimum atomic E-state index is -0.591. The topological polar surface area (TPSA) is 91.5 Å². The summed E-state index contributed by atoms with van der Waals surface area (Å²) in [6.07, 6.45) is 0. The van der Waals surface area contributed by atoms with E-state index in [1.165, 1.54) is 0 Å². The molecule has 6 nitrogen and oxygen atoms in total. The average Bonchev–Trinajstić information content (AvgIpc) is 3.19. The first-order valence-electron chi connectivity index (χ1n) is 6.32. The predicted molar refractivity (Wildman–Crippen MR) is 87.4 cm³/mol. The van der Waals surface area contributed by atoms with Crippen molar-refractivity contribution >= 4 is 33.8 Å². The largest absolute Gasteiger partial charge is 0.327 e. The molecule has 0 aliphatic rings. The number of nitrogens with one attached hydrogen (secondary N) is 2. The normalized spacial score (nSPS) is 11.1. The Morgan fingerprint density at radius 2 is 1.50 bits per heavy atom. The van der Waals surface area contributed by atoms with Crippen LogP contribution < -0.4 is 11.2 Å². The van der Waals surface area contributed by atoms with E-state index in [-0.39, 0.29) is 11.2 Å². The average molecular weight is 328 g/mol. The van der Waals surface area contributed by atoms with Crippen LogP contribution in [0.15, 0.2) is 43.2 Å². The Kier molecular flexibility index (Phi) is 2.98. The SMILES string of the molecule is O=c1[nH]c(=O)c2nc(-c3ccsc3)c(-c3ccsc3)nc2[nH]1. The maximum atomic E-state index is 11.9. The minimum Gasteiger partial charge on any atom is -0.290 e. The zero-order valence-corrected chi connectivity index (χ0v) is 12.6. The number of aromatic nitrogens is 4. The lowest BCUT2D eigenvalue weighted by Gasteiger charge is -2.06. The van der Waals surface area contributed by atoms with E-state index in [4.69, 9.17) is 0 Å². The number of H-pyrrole nitrogens is 2. The van der Waals surface area contributed by atoms with E-state index in [2.05, 4.69) is 19.9 Å². The Hall–Kier alpha value is -2.58. The second-order valence-electron chi connectivity index (χ2n) is 4.55. The summed E-state index contributed by atoms with van der Waals surface area (Å²) in [5.41, 5.74) is 2.26. The van der Waals surface area contributed by atoms with Gasteiger partial charge in [-0.2, -0.15) is 22.7 Å². The van der Waals surface area contributed by atoms with Gasteiger partial charge in [-0.1, -0.05) is 0 Å². The molecule has 0 aliphatic heterocycles. The molecule has 4 rings (SSSR count). The molecule has 0 aromatic carbocycles. The summed E-state index contributed by atoms with van der Waals surface area (Å²) in [6.45, 7) is 0. The monoisotopic (exact) mass is 328 g/mol. The summed E-state index contributed by atoms with van der Waals surface area (Å²) >= 11 is 3.09. The summed E-state index contributed by atoms with van der Waals surface area (Å²) in [4.78, 5) is 37.0. The number of thiophene rings is 2. The van der Waals surface area contributed by atoms with Gasteiger partial charge in [0.1, 0.15) is 0 Å². The van der Waals surface area contributed by atoms with Gasteiger partial charge in [-0.05, 0) is 22.9 Å². The van der Waals surface area contributed by atoms with E-state index >= 15 is 0 Å². The first kappa shape index (κ1) is 13.1. The summed E-state index contributed by atoms with van der Waals surface area (Å²) in [7, 11) is 0. The van der Waals surface area contributed by atoms with Crippen molar-refractivity contribution in [2.24, 2.45) is 0 Å². The first-order valence-corrected chi connectivity index (χ1v) is 8.20. The summed E-state index contributed by atoms with van der Waals surface area (Å²) in [5, 5.41) is 7.79. The maximum absolute atomic E-state index is 11.9. The Morgan fingerprint density at radius 1 is 0.864 bits per heavy atom. The molecule has 0 saturated heterocycles. The van der Waals surface area contributed by atoms with Crippen molar-refractivity contribution in [1.29, 1.82) is 0 Å². The molecule has 22 heavy (non-hydrogen) atoms. The van der Waals surface area contributed by atoms with Crippen molar-refractivity contribution in [3.63, 3.8) is 0 Å². The quantitative estimate of drug-likeness (QED) is 0.591. The first-order chi connectivity index (χ1) is 10.7. The molecule has 0 fully saturated rings. The fourth-order valence-corrected chi connectivity index (χ4v) is 3.46. The molecule has 4 aromatic rings. The fraction of sp³-hybridized carbons (Fsp3) is 0. The van der Waals surface area contributed by atoms with Gasteiger partial charge in [0.25, 0.3) is 5.56 Å². The molecule has 0 saturated carbocycles.